The van der Waals surface area contributed by atoms with E-state index in [1.54, 1.807) is 13.0 Å². The molecule has 0 aliphatic carbocycles. The van der Waals surface area contributed by atoms with Crippen molar-refractivity contribution in [2.45, 2.75) is 25.5 Å². The van der Waals surface area contributed by atoms with Gasteiger partial charge in [-0.15, -0.1) is 0 Å². The van der Waals surface area contributed by atoms with Crippen LogP contribution >= 0.6 is 0 Å². The number of carboxylic acid groups (broad SMARTS) is 1. The summed E-state index contributed by atoms with van der Waals surface area (Å²) in [6, 6.07) is -0.146. The monoisotopic (exact) mass is 213 g/mol. The van der Waals surface area contributed by atoms with E-state index in [2.05, 4.69) is 4.74 Å². The Hall–Kier alpha value is -1.56. The molecule has 3 unspecified atom stereocenters. The van der Waals surface area contributed by atoms with Gasteiger partial charge in [-0.05, 0) is 19.4 Å². The Kier molecular flexibility index (Phi) is 2.15. The topological polar surface area (TPSA) is 87.1 Å². The Morgan fingerprint density at radius 1 is 1.73 bits per heavy atom. The van der Waals surface area contributed by atoms with Crippen LogP contribution in [0.4, 0.5) is 4.79 Å². The summed E-state index contributed by atoms with van der Waals surface area (Å²) >= 11 is 0. The van der Waals surface area contributed by atoms with Crippen LogP contribution in [-0.4, -0.2) is 39.3 Å². The van der Waals surface area contributed by atoms with Crippen molar-refractivity contribution in [3.63, 3.8) is 0 Å². The van der Waals surface area contributed by atoms with Crippen LogP contribution < -0.4 is 0 Å². The molecule has 0 bridgehead atoms. The molecule has 82 valence electrons. The zero-order valence-corrected chi connectivity index (χ0v) is 8.08. The molecular formula is C9H11NO5. The SMILES string of the molecule is CC(O)C1C(=O)N2C(OC(=O)O)=CCC12. The number of hydrogen-bond acceptors (Lipinski definition) is 4. The van der Waals surface area contributed by atoms with Crippen LogP contribution in [0.2, 0.25) is 0 Å². The molecule has 0 aromatic heterocycles. The van der Waals surface area contributed by atoms with E-state index >= 15 is 0 Å². The lowest BCUT2D eigenvalue weighted by Crippen LogP contribution is -2.61. The van der Waals surface area contributed by atoms with Gasteiger partial charge in [-0.3, -0.25) is 9.69 Å². The maximum Gasteiger partial charge on any atom is 0.512 e. The molecule has 15 heavy (non-hydrogen) atoms. The molecule has 0 spiro atoms. The molecule has 0 aromatic rings. The average Bonchev–Trinajstić information content (AvgIpc) is 2.41. The fourth-order valence-electron chi connectivity index (χ4n) is 2.12. The van der Waals surface area contributed by atoms with Gasteiger partial charge in [0.25, 0.3) is 0 Å². The van der Waals surface area contributed by atoms with Crippen LogP contribution in [0.15, 0.2) is 12.0 Å². The highest BCUT2D eigenvalue weighted by Gasteiger charge is 2.54. The molecule has 2 aliphatic rings. The lowest BCUT2D eigenvalue weighted by molar-refractivity contribution is -0.160. The van der Waals surface area contributed by atoms with Crippen molar-refractivity contribution < 1.29 is 24.5 Å². The standard InChI is InChI=1S/C9H11NO5/c1-4(11)7-5-2-3-6(15-9(13)14)10(5)8(7)12/h3-5,7,11H,2H2,1H3,(H,13,14). The van der Waals surface area contributed by atoms with Gasteiger partial charge in [0.1, 0.15) is 0 Å². The molecule has 0 radical (unpaired) electrons. The van der Waals surface area contributed by atoms with Gasteiger partial charge in [-0.25, -0.2) is 4.79 Å². The Morgan fingerprint density at radius 3 is 2.93 bits per heavy atom. The first-order chi connectivity index (χ1) is 7.02. The molecule has 2 aliphatic heterocycles. The van der Waals surface area contributed by atoms with E-state index in [9.17, 15) is 14.7 Å². The molecule has 1 amide bonds. The lowest BCUT2D eigenvalue weighted by atomic mass is 9.84. The molecule has 2 N–H and O–H groups in total. The van der Waals surface area contributed by atoms with Gasteiger partial charge in [0.05, 0.1) is 18.1 Å². The maximum atomic E-state index is 11.5. The minimum Gasteiger partial charge on any atom is -0.449 e. The predicted molar refractivity (Wildman–Crippen MR) is 47.6 cm³/mol. The number of carbonyl (C=O) groups excluding carboxylic acids is 1. The van der Waals surface area contributed by atoms with Gasteiger partial charge in [0.2, 0.25) is 11.8 Å². The minimum absolute atomic E-state index is 0.0643. The number of aliphatic hydroxyl groups excluding tert-OH is 1. The first kappa shape index (κ1) is 9.97. The number of ether oxygens (including phenoxy) is 1. The molecule has 2 heterocycles. The second kappa shape index (κ2) is 3.23. The number of carbonyl (C=O) groups is 2. The number of amides is 1. The second-order valence-corrected chi connectivity index (χ2v) is 3.69. The summed E-state index contributed by atoms with van der Waals surface area (Å²) in [6.45, 7) is 1.55. The van der Waals surface area contributed by atoms with Crippen LogP contribution in [0.3, 0.4) is 0 Å². The predicted octanol–water partition coefficient (Wildman–Crippen LogP) is 0.134. The molecule has 2 rings (SSSR count). The first-order valence-corrected chi connectivity index (χ1v) is 4.64. The normalized spacial score (nSPS) is 30.4. The highest BCUT2D eigenvalue weighted by molar-refractivity contribution is 5.89. The van der Waals surface area contributed by atoms with Crippen molar-refractivity contribution in [3.8, 4) is 0 Å². The number of aliphatic hydroxyl groups is 1. The van der Waals surface area contributed by atoms with Crippen molar-refractivity contribution in [1.29, 1.82) is 0 Å². The maximum absolute atomic E-state index is 11.5. The van der Waals surface area contributed by atoms with Crippen molar-refractivity contribution in [3.05, 3.63) is 12.0 Å². The Bertz CT molecular complexity index is 348. The van der Waals surface area contributed by atoms with E-state index < -0.39 is 18.2 Å². The molecule has 1 saturated heterocycles. The van der Waals surface area contributed by atoms with Crippen LogP contribution in [0.5, 0.6) is 0 Å². The summed E-state index contributed by atoms with van der Waals surface area (Å²) in [4.78, 5) is 23.1. The van der Waals surface area contributed by atoms with E-state index in [1.807, 2.05) is 0 Å². The zero-order valence-electron chi connectivity index (χ0n) is 8.08. The van der Waals surface area contributed by atoms with Crippen LogP contribution in [-0.2, 0) is 9.53 Å². The van der Waals surface area contributed by atoms with Gasteiger partial charge in [-0.1, -0.05) is 0 Å². The third kappa shape index (κ3) is 1.37. The first-order valence-electron chi connectivity index (χ1n) is 4.64. The third-order valence-corrected chi connectivity index (χ3v) is 2.75. The summed E-state index contributed by atoms with van der Waals surface area (Å²) in [7, 11) is 0. The largest absolute Gasteiger partial charge is 0.512 e. The molecule has 6 heteroatoms. The number of fused-ring (bicyclic) bond motifs is 1. The minimum atomic E-state index is -1.44. The third-order valence-electron chi connectivity index (χ3n) is 2.75. The Labute approximate surface area is 85.7 Å². The summed E-state index contributed by atoms with van der Waals surface area (Å²) < 4.78 is 4.44. The summed E-state index contributed by atoms with van der Waals surface area (Å²) in [6.07, 6.45) is -0.0604. The highest BCUT2D eigenvalue weighted by atomic mass is 16.7. The molecule has 3 atom stereocenters. The van der Waals surface area contributed by atoms with Gasteiger partial charge in [-0.2, -0.15) is 0 Å². The number of nitrogens with zero attached hydrogens (tertiary/aromatic N) is 1. The second-order valence-electron chi connectivity index (χ2n) is 3.69. The van der Waals surface area contributed by atoms with Gasteiger partial charge in [0, 0.05) is 0 Å². The van der Waals surface area contributed by atoms with E-state index in [1.165, 1.54) is 4.90 Å². The summed E-state index contributed by atoms with van der Waals surface area (Å²) in [5, 5.41) is 17.7. The quantitative estimate of drug-likeness (QED) is 0.503. The average molecular weight is 213 g/mol. The Morgan fingerprint density at radius 2 is 2.40 bits per heavy atom. The van der Waals surface area contributed by atoms with E-state index in [4.69, 9.17) is 5.11 Å². The Balaban J connectivity index is 2.07. The summed E-state index contributed by atoms with van der Waals surface area (Å²) in [5.41, 5.74) is 0. The number of rotatable bonds is 2. The van der Waals surface area contributed by atoms with Crippen LogP contribution in [0, 0.1) is 5.92 Å². The molecule has 6 nitrogen and oxygen atoms in total. The highest BCUT2D eigenvalue weighted by Crippen LogP contribution is 2.40. The smallest absolute Gasteiger partial charge is 0.449 e. The van der Waals surface area contributed by atoms with Gasteiger partial charge in [0.15, 0.2) is 0 Å². The summed E-state index contributed by atoms with van der Waals surface area (Å²) in [5.74, 6) is -0.648. The number of hydrogen-bond donors (Lipinski definition) is 2. The molecule has 0 aromatic carbocycles. The van der Waals surface area contributed by atoms with E-state index in [-0.39, 0.29) is 17.8 Å². The van der Waals surface area contributed by atoms with Crippen molar-refractivity contribution in [1.82, 2.24) is 4.90 Å². The van der Waals surface area contributed by atoms with Crippen molar-refractivity contribution in [2.75, 3.05) is 0 Å². The van der Waals surface area contributed by atoms with Crippen molar-refractivity contribution in [2.24, 2.45) is 5.92 Å². The molecule has 0 saturated carbocycles. The van der Waals surface area contributed by atoms with Gasteiger partial charge < -0.3 is 14.9 Å². The fraction of sp³-hybridized carbons (Fsp3) is 0.556. The lowest BCUT2D eigenvalue weighted by Gasteiger charge is -2.44. The zero-order chi connectivity index (χ0) is 11.2. The van der Waals surface area contributed by atoms with Crippen LogP contribution in [0.1, 0.15) is 13.3 Å². The van der Waals surface area contributed by atoms with Gasteiger partial charge >= 0.3 is 6.16 Å². The number of β-lactam (4-membered cyclic amide) rings is 1. The van der Waals surface area contributed by atoms with Crippen molar-refractivity contribution >= 4 is 12.1 Å². The fourth-order valence-corrected chi connectivity index (χ4v) is 2.12. The van der Waals surface area contributed by atoms with Crippen LogP contribution in [0.25, 0.3) is 0 Å². The van der Waals surface area contributed by atoms with E-state index in [0.29, 0.717) is 6.42 Å². The van der Waals surface area contributed by atoms with E-state index in [0.717, 1.165) is 0 Å². The molecular weight excluding hydrogens is 202 g/mol. The molecule has 1 fully saturated rings.